The Balaban J connectivity index is 1.73. The minimum atomic E-state index is -0.906. The topological polar surface area (TPSA) is 32.3 Å². The first-order valence-electron chi connectivity index (χ1n) is 9.02. The zero-order chi connectivity index (χ0) is 18.7. The van der Waals surface area contributed by atoms with Gasteiger partial charge in [-0.2, -0.15) is 0 Å². The van der Waals surface area contributed by atoms with Crippen LogP contribution >= 0.6 is 0 Å². The molecule has 0 aromatic heterocycles. The summed E-state index contributed by atoms with van der Waals surface area (Å²) in [5, 5.41) is 2.92. The highest BCUT2D eigenvalue weighted by molar-refractivity contribution is 5.75. The summed E-state index contributed by atoms with van der Waals surface area (Å²) in [7, 11) is 0. The first-order chi connectivity index (χ1) is 12.5. The van der Waals surface area contributed by atoms with E-state index in [0.29, 0.717) is 18.0 Å². The Bertz CT molecular complexity index is 762. The molecule has 0 aliphatic heterocycles. The lowest BCUT2D eigenvalue weighted by Gasteiger charge is -2.31. The summed E-state index contributed by atoms with van der Waals surface area (Å²) in [5.41, 5.74) is 1.61. The van der Waals surface area contributed by atoms with Crippen LogP contribution in [-0.4, -0.2) is 17.5 Å². The third kappa shape index (κ3) is 4.40. The average molecular weight is 358 g/mol. The third-order valence-electron chi connectivity index (χ3n) is 4.95. The van der Waals surface area contributed by atoms with Crippen LogP contribution in [0.15, 0.2) is 48.5 Å². The van der Waals surface area contributed by atoms with Gasteiger partial charge in [0, 0.05) is 6.54 Å². The molecule has 3 rings (SSSR count). The van der Waals surface area contributed by atoms with Crippen LogP contribution in [0.2, 0.25) is 0 Å². The summed E-state index contributed by atoms with van der Waals surface area (Å²) >= 11 is 0. The highest BCUT2D eigenvalue weighted by atomic mass is 19.2. The van der Waals surface area contributed by atoms with Gasteiger partial charge in [0.2, 0.25) is 0 Å². The molecule has 2 atom stereocenters. The third-order valence-corrected chi connectivity index (χ3v) is 4.95. The largest absolute Gasteiger partial charge is 0.331 e. The van der Waals surface area contributed by atoms with E-state index in [9.17, 15) is 13.6 Å². The monoisotopic (exact) mass is 358 g/mol. The minimum absolute atomic E-state index is 0.0612. The molecule has 138 valence electrons. The van der Waals surface area contributed by atoms with E-state index in [1.165, 1.54) is 6.07 Å². The van der Waals surface area contributed by atoms with E-state index in [2.05, 4.69) is 5.32 Å². The van der Waals surface area contributed by atoms with Crippen LogP contribution in [-0.2, 0) is 0 Å². The minimum Gasteiger partial charge on any atom is -0.331 e. The van der Waals surface area contributed by atoms with Crippen molar-refractivity contribution < 1.29 is 13.6 Å². The van der Waals surface area contributed by atoms with Crippen LogP contribution in [0.1, 0.15) is 49.9 Å². The second-order valence-electron chi connectivity index (χ2n) is 7.03. The van der Waals surface area contributed by atoms with Gasteiger partial charge < -0.3 is 10.2 Å². The molecule has 2 amide bonds. The molecule has 5 heteroatoms. The van der Waals surface area contributed by atoms with Gasteiger partial charge in [-0.25, -0.2) is 13.6 Å². The van der Waals surface area contributed by atoms with E-state index in [0.717, 1.165) is 30.5 Å². The molecule has 26 heavy (non-hydrogen) atoms. The SMILES string of the molecule is CC(NC(=O)N(CC1CC1)C(C)c1ccccc1)c1ccc(F)c(F)c1. The lowest BCUT2D eigenvalue weighted by molar-refractivity contribution is 0.172. The molecule has 2 unspecified atom stereocenters. The van der Waals surface area contributed by atoms with E-state index in [-0.39, 0.29) is 12.1 Å². The molecule has 1 aliphatic carbocycles. The van der Waals surface area contributed by atoms with Crippen molar-refractivity contribution in [2.45, 2.75) is 38.8 Å². The number of urea groups is 1. The van der Waals surface area contributed by atoms with Gasteiger partial charge in [-0.1, -0.05) is 36.4 Å². The summed E-state index contributed by atoms with van der Waals surface area (Å²) in [6.45, 7) is 4.49. The van der Waals surface area contributed by atoms with Crippen molar-refractivity contribution >= 4 is 6.03 Å². The van der Waals surface area contributed by atoms with Crippen LogP contribution in [0.25, 0.3) is 0 Å². The Morgan fingerprint density at radius 3 is 2.38 bits per heavy atom. The number of nitrogens with one attached hydrogen (secondary N) is 1. The Morgan fingerprint density at radius 1 is 1.08 bits per heavy atom. The summed E-state index contributed by atoms with van der Waals surface area (Å²) in [5.74, 6) is -1.25. The number of hydrogen-bond donors (Lipinski definition) is 1. The number of rotatable bonds is 6. The summed E-state index contributed by atoms with van der Waals surface area (Å²) in [6, 6.07) is 12.9. The molecular formula is C21H24F2N2O. The van der Waals surface area contributed by atoms with Gasteiger partial charge in [0.15, 0.2) is 11.6 Å². The molecule has 3 nitrogen and oxygen atoms in total. The molecule has 1 aliphatic rings. The molecule has 0 saturated heterocycles. The number of carbonyl (C=O) groups excluding carboxylic acids is 1. The zero-order valence-corrected chi connectivity index (χ0v) is 15.1. The van der Waals surface area contributed by atoms with Gasteiger partial charge in [0.1, 0.15) is 0 Å². The standard InChI is InChI=1S/C21H24F2N2O/c1-14(18-10-11-19(22)20(23)12-18)24-21(26)25(13-16-8-9-16)15(2)17-6-4-3-5-7-17/h3-7,10-12,14-16H,8-9,13H2,1-2H3,(H,24,26). The van der Waals surface area contributed by atoms with Crippen LogP contribution in [0.5, 0.6) is 0 Å². The highest BCUT2D eigenvalue weighted by Crippen LogP contribution is 2.33. The van der Waals surface area contributed by atoms with E-state index in [4.69, 9.17) is 0 Å². The van der Waals surface area contributed by atoms with Crippen LogP contribution in [0.3, 0.4) is 0 Å². The predicted octanol–water partition coefficient (Wildman–Crippen LogP) is 5.21. The van der Waals surface area contributed by atoms with E-state index >= 15 is 0 Å². The maximum atomic E-state index is 13.5. The molecule has 0 bridgehead atoms. The Morgan fingerprint density at radius 2 is 1.77 bits per heavy atom. The zero-order valence-electron chi connectivity index (χ0n) is 15.1. The fourth-order valence-electron chi connectivity index (χ4n) is 3.04. The molecule has 0 radical (unpaired) electrons. The maximum Gasteiger partial charge on any atom is 0.318 e. The first kappa shape index (κ1) is 18.4. The van der Waals surface area contributed by atoms with Gasteiger partial charge in [0.05, 0.1) is 12.1 Å². The van der Waals surface area contributed by atoms with Crippen LogP contribution < -0.4 is 5.32 Å². The number of carbonyl (C=O) groups is 1. The Labute approximate surface area is 153 Å². The van der Waals surface area contributed by atoms with Gasteiger partial charge in [-0.15, -0.1) is 0 Å². The van der Waals surface area contributed by atoms with E-state index in [1.807, 2.05) is 42.2 Å². The van der Waals surface area contributed by atoms with Gasteiger partial charge in [0.25, 0.3) is 0 Å². The second-order valence-corrected chi connectivity index (χ2v) is 7.03. The van der Waals surface area contributed by atoms with Crippen LogP contribution in [0, 0.1) is 17.6 Å². The van der Waals surface area contributed by atoms with Crippen molar-refractivity contribution in [2.75, 3.05) is 6.54 Å². The highest BCUT2D eigenvalue weighted by Gasteiger charge is 2.30. The maximum absolute atomic E-state index is 13.5. The second kappa shape index (κ2) is 7.85. The first-order valence-corrected chi connectivity index (χ1v) is 9.02. The number of benzene rings is 2. The molecule has 0 heterocycles. The summed E-state index contributed by atoms with van der Waals surface area (Å²) in [4.78, 5) is 14.7. The van der Waals surface area contributed by atoms with Crippen molar-refractivity contribution in [3.05, 3.63) is 71.3 Å². The van der Waals surface area contributed by atoms with Crippen molar-refractivity contribution in [2.24, 2.45) is 5.92 Å². The number of nitrogens with zero attached hydrogens (tertiary/aromatic N) is 1. The van der Waals surface area contributed by atoms with E-state index < -0.39 is 17.7 Å². The summed E-state index contributed by atoms with van der Waals surface area (Å²) < 4.78 is 26.6. The molecule has 1 saturated carbocycles. The van der Waals surface area contributed by atoms with Gasteiger partial charge in [-0.05, 0) is 55.9 Å². The smallest absolute Gasteiger partial charge is 0.318 e. The Hall–Kier alpha value is -2.43. The van der Waals surface area contributed by atoms with Crippen molar-refractivity contribution in [3.8, 4) is 0 Å². The van der Waals surface area contributed by atoms with Gasteiger partial charge in [-0.3, -0.25) is 0 Å². The number of halogens is 2. The number of amides is 2. The van der Waals surface area contributed by atoms with Crippen molar-refractivity contribution in [3.63, 3.8) is 0 Å². The number of hydrogen-bond acceptors (Lipinski definition) is 1. The van der Waals surface area contributed by atoms with Crippen molar-refractivity contribution in [1.29, 1.82) is 0 Å². The molecule has 2 aromatic rings. The molecule has 1 fully saturated rings. The van der Waals surface area contributed by atoms with E-state index in [1.54, 1.807) is 6.92 Å². The van der Waals surface area contributed by atoms with Crippen LogP contribution in [0.4, 0.5) is 13.6 Å². The fourth-order valence-corrected chi connectivity index (χ4v) is 3.04. The molecular weight excluding hydrogens is 334 g/mol. The lowest BCUT2D eigenvalue weighted by Crippen LogP contribution is -2.43. The average Bonchev–Trinajstić information content (AvgIpc) is 3.46. The Kier molecular flexibility index (Phi) is 5.55. The predicted molar refractivity (Wildman–Crippen MR) is 97.6 cm³/mol. The lowest BCUT2D eigenvalue weighted by atomic mass is 10.1. The quantitative estimate of drug-likeness (QED) is 0.755. The molecule has 0 spiro atoms. The summed E-state index contributed by atoms with van der Waals surface area (Å²) in [6.07, 6.45) is 2.29. The normalized spacial score (nSPS) is 16.0. The van der Waals surface area contributed by atoms with Crippen molar-refractivity contribution in [1.82, 2.24) is 10.2 Å². The molecule has 1 N–H and O–H groups in total. The molecule has 2 aromatic carbocycles. The van der Waals surface area contributed by atoms with Gasteiger partial charge >= 0.3 is 6.03 Å². The fraction of sp³-hybridized carbons (Fsp3) is 0.381.